The Kier molecular flexibility index (Phi) is 6.46. The minimum Gasteiger partial charge on any atom is -0.455 e. The fraction of sp³-hybridized carbons (Fsp3) is 0.0545. The van der Waals surface area contributed by atoms with Gasteiger partial charge in [-0.15, -0.1) is 0 Å². The van der Waals surface area contributed by atoms with Crippen LogP contribution < -0.4 is 0 Å². The van der Waals surface area contributed by atoms with Gasteiger partial charge in [0.05, 0.1) is 0 Å². The molecule has 1 aliphatic carbocycles. The summed E-state index contributed by atoms with van der Waals surface area (Å²) in [5.74, 6) is 0. The van der Waals surface area contributed by atoms with E-state index in [1.807, 2.05) is 0 Å². The largest absolute Gasteiger partial charge is 0.455 e. The molecule has 11 aromatic rings. The van der Waals surface area contributed by atoms with Gasteiger partial charge in [0, 0.05) is 21.6 Å². The Morgan fingerprint density at radius 2 is 0.911 bits per heavy atom. The van der Waals surface area contributed by atoms with Crippen LogP contribution in [0.2, 0.25) is 0 Å². The average molecular weight is 713 g/mol. The van der Waals surface area contributed by atoms with E-state index in [0.717, 1.165) is 11.2 Å². The fourth-order valence-corrected chi connectivity index (χ4v) is 10.1. The first-order chi connectivity index (χ1) is 27.6. The average Bonchev–Trinajstić information content (AvgIpc) is 3.74. The van der Waals surface area contributed by atoms with Gasteiger partial charge in [-0.2, -0.15) is 0 Å². The molecule has 12 rings (SSSR count). The predicted octanol–water partition coefficient (Wildman–Crippen LogP) is 15.5. The van der Waals surface area contributed by atoms with Crippen molar-refractivity contribution in [2.45, 2.75) is 19.3 Å². The fourth-order valence-electron chi connectivity index (χ4n) is 10.1. The van der Waals surface area contributed by atoms with Crippen LogP contribution in [0.4, 0.5) is 0 Å². The molecule has 0 fully saturated rings. The lowest BCUT2D eigenvalue weighted by atomic mass is 9.80. The molecule has 0 N–H and O–H groups in total. The van der Waals surface area contributed by atoms with Crippen molar-refractivity contribution in [1.29, 1.82) is 0 Å². The summed E-state index contributed by atoms with van der Waals surface area (Å²) in [5, 5.41) is 12.4. The Hall–Kier alpha value is -6.96. The lowest BCUT2D eigenvalue weighted by Crippen LogP contribution is -2.15. The van der Waals surface area contributed by atoms with Gasteiger partial charge >= 0.3 is 0 Å². The van der Waals surface area contributed by atoms with Crippen LogP contribution in [0.1, 0.15) is 25.0 Å². The lowest BCUT2D eigenvalue weighted by molar-refractivity contribution is 0.660. The Bertz CT molecular complexity index is 3380. The molecular weight excluding hydrogens is 677 g/mol. The third-order valence-electron chi connectivity index (χ3n) is 12.7. The van der Waals surface area contributed by atoms with Gasteiger partial charge < -0.3 is 4.42 Å². The monoisotopic (exact) mass is 712 g/mol. The molecule has 262 valence electrons. The van der Waals surface area contributed by atoms with Crippen LogP contribution >= 0.6 is 0 Å². The third-order valence-corrected chi connectivity index (χ3v) is 12.7. The zero-order chi connectivity index (χ0) is 37.1. The summed E-state index contributed by atoms with van der Waals surface area (Å²) in [4.78, 5) is 0. The second-order valence-corrected chi connectivity index (χ2v) is 15.9. The van der Waals surface area contributed by atoms with E-state index in [2.05, 4.69) is 196 Å². The summed E-state index contributed by atoms with van der Waals surface area (Å²) < 4.78 is 6.65. The summed E-state index contributed by atoms with van der Waals surface area (Å²) in [7, 11) is 0. The molecule has 10 aromatic carbocycles. The quantitative estimate of drug-likeness (QED) is 0.166. The molecule has 1 aliphatic rings. The molecule has 1 heteroatoms. The molecule has 0 unspecified atom stereocenters. The second kappa shape index (κ2) is 11.5. The van der Waals surface area contributed by atoms with Crippen molar-refractivity contribution in [3.05, 3.63) is 193 Å². The van der Waals surface area contributed by atoms with E-state index in [1.54, 1.807) is 0 Å². The Labute approximate surface area is 325 Å². The van der Waals surface area contributed by atoms with E-state index < -0.39 is 0 Å². The summed E-state index contributed by atoms with van der Waals surface area (Å²) in [6, 6.07) is 67.1. The van der Waals surface area contributed by atoms with Crippen LogP contribution in [0.25, 0.3) is 110 Å². The van der Waals surface area contributed by atoms with Gasteiger partial charge in [-0.05, 0) is 112 Å². The van der Waals surface area contributed by atoms with Gasteiger partial charge in [0.25, 0.3) is 0 Å². The molecule has 0 saturated carbocycles. The maximum Gasteiger partial charge on any atom is 0.143 e. The SMILES string of the molecule is CC1(C)c2cc(-c3ccc(-c4c5ccccc5c(-c5ccccc5)c5ccccc45)c4ccccc34)ccc2-c2c1ccc1ccc3c4ccccc4oc3c21. The van der Waals surface area contributed by atoms with Crippen LogP contribution in [-0.4, -0.2) is 0 Å². The maximum absolute atomic E-state index is 6.65. The van der Waals surface area contributed by atoms with Gasteiger partial charge in [0.15, 0.2) is 0 Å². The molecule has 0 spiro atoms. The second-order valence-electron chi connectivity index (χ2n) is 15.9. The van der Waals surface area contributed by atoms with Gasteiger partial charge in [-0.25, -0.2) is 0 Å². The van der Waals surface area contributed by atoms with E-state index in [9.17, 15) is 0 Å². The van der Waals surface area contributed by atoms with Gasteiger partial charge in [-0.3, -0.25) is 0 Å². The number of rotatable bonds is 3. The molecule has 0 saturated heterocycles. The van der Waals surface area contributed by atoms with Crippen molar-refractivity contribution in [1.82, 2.24) is 0 Å². The standard InChI is InChI=1S/C55H36O/c1-55(2)47-31-26-34-24-27-45-39-18-12-13-23-49(39)56-54(45)51(34)53(47)46-28-25-35(32-48(46)55)36-29-30-44(38-17-7-6-16-37(36)38)52-42-21-10-8-19-40(42)50(33-14-4-3-5-15-33)41-20-9-11-22-43(41)52/h3-32H,1-2H3. The summed E-state index contributed by atoms with van der Waals surface area (Å²) in [6.45, 7) is 4.76. The van der Waals surface area contributed by atoms with Gasteiger partial charge in [0.2, 0.25) is 0 Å². The van der Waals surface area contributed by atoms with Crippen LogP contribution in [0.3, 0.4) is 0 Å². The number of benzene rings is 10. The zero-order valence-electron chi connectivity index (χ0n) is 31.2. The number of furan rings is 1. The molecule has 1 nitrogen and oxygen atoms in total. The molecule has 0 aliphatic heterocycles. The summed E-state index contributed by atoms with van der Waals surface area (Å²) in [6.07, 6.45) is 0. The highest BCUT2D eigenvalue weighted by atomic mass is 16.3. The first-order valence-corrected chi connectivity index (χ1v) is 19.6. The maximum atomic E-state index is 6.65. The lowest BCUT2D eigenvalue weighted by Gasteiger charge is -2.23. The van der Waals surface area contributed by atoms with E-state index in [-0.39, 0.29) is 5.41 Å². The van der Waals surface area contributed by atoms with Crippen LogP contribution in [0, 0.1) is 0 Å². The normalized spacial score (nSPS) is 13.3. The first kappa shape index (κ1) is 31.4. The van der Waals surface area contributed by atoms with E-state index >= 15 is 0 Å². The smallest absolute Gasteiger partial charge is 0.143 e. The molecule has 56 heavy (non-hydrogen) atoms. The van der Waals surface area contributed by atoms with Crippen LogP contribution in [0.5, 0.6) is 0 Å². The Morgan fingerprint density at radius 1 is 0.357 bits per heavy atom. The highest BCUT2D eigenvalue weighted by Gasteiger charge is 2.37. The Balaban J connectivity index is 1.07. The Morgan fingerprint density at radius 3 is 1.62 bits per heavy atom. The van der Waals surface area contributed by atoms with Crippen LogP contribution in [-0.2, 0) is 5.41 Å². The number of para-hydroxylation sites is 1. The minimum absolute atomic E-state index is 0.183. The van der Waals surface area contributed by atoms with Gasteiger partial charge in [0.1, 0.15) is 11.2 Å². The molecule has 0 amide bonds. The molecular formula is C55H36O. The molecule has 0 atom stereocenters. The molecule has 1 aromatic heterocycles. The van der Waals surface area contributed by atoms with Gasteiger partial charge in [-0.1, -0.05) is 178 Å². The molecule has 1 heterocycles. The van der Waals surface area contributed by atoms with Crippen molar-refractivity contribution in [2.24, 2.45) is 0 Å². The first-order valence-electron chi connectivity index (χ1n) is 19.6. The zero-order valence-corrected chi connectivity index (χ0v) is 31.2. The van der Waals surface area contributed by atoms with E-state index in [4.69, 9.17) is 4.42 Å². The van der Waals surface area contributed by atoms with E-state index in [0.29, 0.717) is 0 Å². The predicted molar refractivity (Wildman–Crippen MR) is 238 cm³/mol. The summed E-state index contributed by atoms with van der Waals surface area (Å²) >= 11 is 0. The number of fused-ring (bicyclic) bond motifs is 12. The molecule has 0 radical (unpaired) electrons. The van der Waals surface area contributed by atoms with Crippen LogP contribution in [0.15, 0.2) is 186 Å². The number of hydrogen-bond acceptors (Lipinski definition) is 1. The third kappa shape index (κ3) is 4.26. The minimum atomic E-state index is -0.183. The van der Waals surface area contributed by atoms with Crippen molar-refractivity contribution < 1.29 is 4.42 Å². The highest BCUT2D eigenvalue weighted by Crippen LogP contribution is 2.54. The number of hydrogen-bond donors (Lipinski definition) is 0. The summed E-state index contributed by atoms with van der Waals surface area (Å²) in [5.41, 5.74) is 14.6. The highest BCUT2D eigenvalue weighted by molar-refractivity contribution is 6.24. The molecule has 0 bridgehead atoms. The topological polar surface area (TPSA) is 13.1 Å². The van der Waals surface area contributed by atoms with Crippen molar-refractivity contribution in [2.75, 3.05) is 0 Å². The van der Waals surface area contributed by atoms with Crippen molar-refractivity contribution >= 4 is 65.0 Å². The van der Waals surface area contributed by atoms with Crippen molar-refractivity contribution in [3.63, 3.8) is 0 Å². The van der Waals surface area contributed by atoms with E-state index in [1.165, 1.54) is 109 Å². The van der Waals surface area contributed by atoms with Crippen molar-refractivity contribution in [3.8, 4) is 44.5 Å².